The highest BCUT2D eigenvalue weighted by molar-refractivity contribution is 7.89. The van der Waals surface area contributed by atoms with E-state index in [0.29, 0.717) is 13.1 Å². The van der Waals surface area contributed by atoms with Crippen LogP contribution in [0.3, 0.4) is 0 Å². The van der Waals surface area contributed by atoms with Crippen molar-refractivity contribution in [2.24, 2.45) is 5.92 Å². The van der Waals surface area contributed by atoms with Crippen LogP contribution in [0.15, 0.2) is 64.9 Å². The minimum absolute atomic E-state index is 0.00245. The van der Waals surface area contributed by atoms with Gasteiger partial charge in [0.1, 0.15) is 4.90 Å². The maximum Gasteiger partial charge on any atom is 0.245 e. The standard InChI is InChI=1S/C25H28Cl2N2O3S2/c1-18(2)14-29(34(31,32)24-13-21(26)9-10-22(24)27)17-25(30)28(15-20-7-5-4-6-8-20)16-23-19(3)11-12-33-23/h4-13,18H,14-17H2,1-3H3. The molecule has 0 saturated heterocycles. The van der Waals surface area contributed by atoms with Gasteiger partial charge in [0.15, 0.2) is 0 Å². The van der Waals surface area contributed by atoms with Gasteiger partial charge in [-0.05, 0) is 53.6 Å². The van der Waals surface area contributed by atoms with Crippen LogP contribution in [0.5, 0.6) is 0 Å². The van der Waals surface area contributed by atoms with E-state index in [1.807, 2.05) is 62.5 Å². The van der Waals surface area contributed by atoms with Crippen LogP contribution < -0.4 is 0 Å². The van der Waals surface area contributed by atoms with E-state index in [4.69, 9.17) is 23.2 Å². The molecule has 0 saturated carbocycles. The average Bonchev–Trinajstić information content (AvgIpc) is 3.19. The molecule has 3 rings (SSSR count). The number of sulfonamides is 1. The summed E-state index contributed by atoms with van der Waals surface area (Å²) in [7, 11) is -4.05. The van der Waals surface area contributed by atoms with Gasteiger partial charge in [-0.15, -0.1) is 11.3 Å². The molecule has 0 aliphatic carbocycles. The van der Waals surface area contributed by atoms with E-state index < -0.39 is 10.0 Å². The van der Waals surface area contributed by atoms with E-state index in [1.165, 1.54) is 22.5 Å². The summed E-state index contributed by atoms with van der Waals surface area (Å²) in [6.07, 6.45) is 0. The number of halogens is 2. The molecule has 2 aromatic carbocycles. The molecule has 0 fully saturated rings. The normalized spacial score (nSPS) is 11.9. The third kappa shape index (κ3) is 6.83. The van der Waals surface area contributed by atoms with Crippen LogP contribution in [0.4, 0.5) is 0 Å². The fourth-order valence-electron chi connectivity index (χ4n) is 3.50. The molecule has 1 amide bonds. The second kappa shape index (κ2) is 11.7. The monoisotopic (exact) mass is 538 g/mol. The first kappa shape index (κ1) is 26.7. The van der Waals surface area contributed by atoms with Gasteiger partial charge in [-0.25, -0.2) is 8.42 Å². The molecule has 0 aliphatic heterocycles. The third-order valence-electron chi connectivity index (χ3n) is 5.26. The molecule has 3 aromatic rings. The van der Waals surface area contributed by atoms with E-state index in [0.717, 1.165) is 16.0 Å². The van der Waals surface area contributed by atoms with Crippen LogP contribution in [0, 0.1) is 12.8 Å². The predicted octanol–water partition coefficient (Wildman–Crippen LogP) is 6.24. The van der Waals surface area contributed by atoms with Crippen molar-refractivity contribution in [3.63, 3.8) is 0 Å². The Labute approximate surface area is 216 Å². The molecule has 0 atom stereocenters. The zero-order chi connectivity index (χ0) is 24.9. The maximum atomic E-state index is 13.6. The molecule has 34 heavy (non-hydrogen) atoms. The van der Waals surface area contributed by atoms with E-state index in [-0.39, 0.29) is 39.9 Å². The van der Waals surface area contributed by atoms with Gasteiger partial charge in [0, 0.05) is 23.0 Å². The fourth-order valence-corrected chi connectivity index (χ4v) is 6.71. The van der Waals surface area contributed by atoms with Crippen LogP contribution in [0.2, 0.25) is 10.0 Å². The number of rotatable bonds is 10. The first-order valence-corrected chi connectivity index (χ1v) is 14.0. The SMILES string of the molecule is Cc1ccsc1CN(Cc1ccccc1)C(=O)CN(CC(C)C)S(=O)(=O)c1cc(Cl)ccc1Cl. The lowest BCUT2D eigenvalue weighted by molar-refractivity contribution is -0.132. The summed E-state index contributed by atoms with van der Waals surface area (Å²) in [5, 5.41) is 2.32. The molecule has 0 radical (unpaired) electrons. The molecule has 0 N–H and O–H groups in total. The lowest BCUT2D eigenvalue weighted by Crippen LogP contribution is -2.43. The highest BCUT2D eigenvalue weighted by Gasteiger charge is 2.31. The number of hydrogen-bond acceptors (Lipinski definition) is 4. The van der Waals surface area contributed by atoms with Gasteiger partial charge in [-0.2, -0.15) is 4.31 Å². The summed E-state index contributed by atoms with van der Waals surface area (Å²) in [6.45, 7) is 6.49. The Morgan fingerprint density at radius 1 is 1.03 bits per heavy atom. The highest BCUT2D eigenvalue weighted by atomic mass is 35.5. The van der Waals surface area contributed by atoms with Gasteiger partial charge < -0.3 is 4.90 Å². The van der Waals surface area contributed by atoms with Gasteiger partial charge in [0.05, 0.1) is 18.1 Å². The van der Waals surface area contributed by atoms with Crippen LogP contribution in [0.1, 0.15) is 29.9 Å². The summed E-state index contributed by atoms with van der Waals surface area (Å²) < 4.78 is 28.3. The Morgan fingerprint density at radius 3 is 2.35 bits per heavy atom. The van der Waals surface area contributed by atoms with Gasteiger partial charge in [-0.3, -0.25) is 4.79 Å². The molecule has 1 aromatic heterocycles. The van der Waals surface area contributed by atoms with Gasteiger partial charge >= 0.3 is 0 Å². The van der Waals surface area contributed by atoms with Gasteiger partial charge in [0.25, 0.3) is 0 Å². The van der Waals surface area contributed by atoms with Gasteiger partial charge in [-0.1, -0.05) is 67.4 Å². The average molecular weight is 540 g/mol. The van der Waals surface area contributed by atoms with Crippen molar-refractivity contribution >= 4 is 50.5 Å². The highest BCUT2D eigenvalue weighted by Crippen LogP contribution is 2.28. The van der Waals surface area contributed by atoms with Crippen molar-refractivity contribution in [3.05, 3.63) is 86.0 Å². The second-order valence-electron chi connectivity index (χ2n) is 8.53. The lowest BCUT2D eigenvalue weighted by Gasteiger charge is -2.28. The van der Waals surface area contributed by atoms with E-state index in [9.17, 15) is 13.2 Å². The maximum absolute atomic E-state index is 13.6. The zero-order valence-corrected chi connectivity index (χ0v) is 22.5. The molecular formula is C25H28Cl2N2O3S2. The first-order valence-electron chi connectivity index (χ1n) is 10.9. The van der Waals surface area contributed by atoms with Crippen molar-refractivity contribution in [1.29, 1.82) is 0 Å². The topological polar surface area (TPSA) is 57.7 Å². The minimum atomic E-state index is -4.05. The Hall–Kier alpha value is -1.90. The zero-order valence-electron chi connectivity index (χ0n) is 19.4. The molecule has 1 heterocycles. The first-order chi connectivity index (χ1) is 16.1. The summed E-state index contributed by atoms with van der Waals surface area (Å²) in [5.41, 5.74) is 2.08. The van der Waals surface area contributed by atoms with Crippen molar-refractivity contribution in [2.45, 2.75) is 38.8 Å². The quantitative estimate of drug-likeness (QED) is 0.307. The number of thiophene rings is 1. The molecule has 0 bridgehead atoms. The number of amides is 1. The predicted molar refractivity (Wildman–Crippen MR) is 140 cm³/mol. The Morgan fingerprint density at radius 2 is 1.74 bits per heavy atom. The van der Waals surface area contributed by atoms with Crippen LogP contribution in [0.25, 0.3) is 0 Å². The Balaban J connectivity index is 1.92. The fraction of sp³-hybridized carbons (Fsp3) is 0.320. The second-order valence-corrected chi connectivity index (χ2v) is 12.3. The molecule has 0 unspecified atom stereocenters. The lowest BCUT2D eigenvalue weighted by atomic mass is 10.2. The van der Waals surface area contributed by atoms with Crippen molar-refractivity contribution in [3.8, 4) is 0 Å². The summed E-state index contributed by atoms with van der Waals surface area (Å²) in [5.74, 6) is -0.276. The summed E-state index contributed by atoms with van der Waals surface area (Å²) in [6, 6.07) is 16.0. The van der Waals surface area contributed by atoms with E-state index >= 15 is 0 Å². The van der Waals surface area contributed by atoms with Crippen LogP contribution in [-0.2, 0) is 27.9 Å². The number of carbonyl (C=O) groups is 1. The molecule has 182 valence electrons. The molecule has 0 aliphatic rings. The summed E-state index contributed by atoms with van der Waals surface area (Å²) in [4.78, 5) is 16.2. The molecule has 5 nitrogen and oxygen atoms in total. The number of carbonyl (C=O) groups excluding carboxylic acids is 1. The largest absolute Gasteiger partial charge is 0.332 e. The molecule has 9 heteroatoms. The van der Waals surface area contributed by atoms with Crippen molar-refractivity contribution in [2.75, 3.05) is 13.1 Å². The van der Waals surface area contributed by atoms with Crippen LogP contribution >= 0.6 is 34.5 Å². The summed E-state index contributed by atoms with van der Waals surface area (Å²) >= 11 is 13.9. The van der Waals surface area contributed by atoms with E-state index in [1.54, 1.807) is 16.2 Å². The number of nitrogens with zero attached hydrogens (tertiary/aromatic N) is 2. The van der Waals surface area contributed by atoms with Crippen molar-refractivity contribution in [1.82, 2.24) is 9.21 Å². The third-order valence-corrected chi connectivity index (χ3v) is 8.80. The Bertz CT molecular complexity index is 1230. The number of benzene rings is 2. The van der Waals surface area contributed by atoms with Crippen molar-refractivity contribution < 1.29 is 13.2 Å². The smallest absolute Gasteiger partial charge is 0.245 e. The van der Waals surface area contributed by atoms with Crippen LogP contribution in [-0.4, -0.2) is 36.6 Å². The molecular weight excluding hydrogens is 511 g/mol. The van der Waals surface area contributed by atoms with Gasteiger partial charge in [0.2, 0.25) is 15.9 Å². The number of hydrogen-bond donors (Lipinski definition) is 0. The minimum Gasteiger partial charge on any atom is -0.332 e. The molecule has 0 spiro atoms. The van der Waals surface area contributed by atoms with E-state index in [2.05, 4.69) is 0 Å². The Kier molecular flexibility index (Phi) is 9.18. The number of aryl methyl sites for hydroxylation is 1.